The average molecular weight is 576 g/mol. The van der Waals surface area contributed by atoms with Gasteiger partial charge in [0.05, 0.1) is 26.9 Å². The zero-order valence-electron chi connectivity index (χ0n) is 18.6. The number of allylic oxidation sites excluding steroid dienone is 1. The Morgan fingerprint density at radius 2 is 1.61 bits per heavy atom. The molecule has 2 aromatic rings. The van der Waals surface area contributed by atoms with Crippen LogP contribution in [0.5, 0.6) is 0 Å². The third kappa shape index (κ3) is 7.54. The molecule has 0 aliphatic carbocycles. The molecule has 0 saturated heterocycles. The van der Waals surface area contributed by atoms with Gasteiger partial charge < -0.3 is 11.1 Å². The van der Waals surface area contributed by atoms with Crippen LogP contribution in [0, 0.1) is 0 Å². The fourth-order valence-electron chi connectivity index (χ4n) is 3.31. The molecule has 1 unspecified atom stereocenters. The molecule has 0 fully saturated rings. The Balaban J connectivity index is 2.54. The Kier molecular flexibility index (Phi) is 9.36. The second-order valence-corrected chi connectivity index (χ2v) is 9.16. The summed E-state index contributed by atoms with van der Waals surface area (Å²) < 4.78 is 81.5. The number of hydrogen-bond acceptors (Lipinski definition) is 2. The van der Waals surface area contributed by atoms with Crippen molar-refractivity contribution in [3.63, 3.8) is 0 Å². The Labute approximate surface area is 217 Å². The molecule has 0 aliphatic rings. The van der Waals surface area contributed by atoms with E-state index >= 15 is 4.39 Å². The number of hydrogen-bond donors (Lipinski definition) is 2. The molecule has 0 saturated carbocycles. The first-order chi connectivity index (χ1) is 16.4. The van der Waals surface area contributed by atoms with E-state index < -0.39 is 48.1 Å². The Hall–Kier alpha value is -2.43. The number of nitrogens with two attached hydrogens (primary N) is 1. The van der Waals surface area contributed by atoms with Crippen LogP contribution in [0.1, 0.15) is 52.7 Å². The number of alkyl halides is 5. The first-order valence-corrected chi connectivity index (χ1v) is 11.2. The highest BCUT2D eigenvalue weighted by Gasteiger charge is 2.35. The molecule has 0 spiro atoms. The van der Waals surface area contributed by atoms with Gasteiger partial charge in [-0.1, -0.05) is 40.9 Å². The molecule has 4 nitrogen and oxygen atoms in total. The SMILES string of the molecule is C[C@@H](C(=O)NCC(F)(F)F)c1cc(/C(F)=C/C(c2cc(Cl)c(Cl)c(Cl)c2)C(C)(F)F)ccc1C(N)=O. The maximum Gasteiger partial charge on any atom is 0.405 e. The zero-order valence-corrected chi connectivity index (χ0v) is 20.9. The lowest BCUT2D eigenvalue weighted by Crippen LogP contribution is -2.36. The van der Waals surface area contributed by atoms with Crippen LogP contribution in [0.3, 0.4) is 0 Å². The number of carbonyl (C=O) groups is 2. The van der Waals surface area contributed by atoms with Crippen LogP contribution in [0.2, 0.25) is 15.1 Å². The van der Waals surface area contributed by atoms with Crippen molar-refractivity contribution < 1.29 is 35.9 Å². The fourth-order valence-corrected chi connectivity index (χ4v) is 3.92. The highest BCUT2D eigenvalue weighted by Crippen LogP contribution is 2.41. The van der Waals surface area contributed by atoms with Crippen molar-refractivity contribution >= 4 is 52.4 Å². The molecule has 0 aliphatic heterocycles. The van der Waals surface area contributed by atoms with Gasteiger partial charge in [-0.05, 0) is 48.4 Å². The summed E-state index contributed by atoms with van der Waals surface area (Å²) in [7, 11) is 0. The number of primary amides is 1. The van der Waals surface area contributed by atoms with Crippen LogP contribution in [-0.4, -0.2) is 30.5 Å². The van der Waals surface area contributed by atoms with Gasteiger partial charge in [-0.2, -0.15) is 13.2 Å². The topological polar surface area (TPSA) is 72.2 Å². The van der Waals surface area contributed by atoms with E-state index in [1.807, 2.05) is 0 Å². The third-order valence-electron chi connectivity index (χ3n) is 5.14. The lowest BCUT2D eigenvalue weighted by atomic mass is 9.89. The molecule has 0 aromatic heterocycles. The zero-order chi connectivity index (χ0) is 27.6. The first-order valence-electron chi connectivity index (χ1n) is 10.1. The van der Waals surface area contributed by atoms with Crippen LogP contribution in [0.4, 0.5) is 26.3 Å². The first kappa shape index (κ1) is 29.8. The minimum atomic E-state index is -4.69. The van der Waals surface area contributed by atoms with E-state index in [0.717, 1.165) is 30.3 Å². The van der Waals surface area contributed by atoms with E-state index in [-0.39, 0.29) is 37.3 Å². The molecule has 3 N–H and O–H groups in total. The summed E-state index contributed by atoms with van der Waals surface area (Å²) in [6, 6.07) is 5.30. The highest BCUT2D eigenvalue weighted by molar-refractivity contribution is 6.48. The number of benzene rings is 2. The molecule has 196 valence electrons. The van der Waals surface area contributed by atoms with Gasteiger partial charge >= 0.3 is 6.18 Å². The maximum absolute atomic E-state index is 15.2. The number of carbonyl (C=O) groups excluding carboxylic acids is 2. The minimum absolute atomic E-state index is 0.0748. The van der Waals surface area contributed by atoms with Crippen LogP contribution >= 0.6 is 34.8 Å². The van der Waals surface area contributed by atoms with Gasteiger partial charge in [-0.25, -0.2) is 13.2 Å². The van der Waals surface area contributed by atoms with Gasteiger partial charge in [0.15, 0.2) is 0 Å². The van der Waals surface area contributed by atoms with Crippen LogP contribution in [0.25, 0.3) is 5.83 Å². The quantitative estimate of drug-likeness (QED) is 0.257. The predicted octanol–water partition coefficient (Wildman–Crippen LogP) is 7.28. The van der Waals surface area contributed by atoms with E-state index in [2.05, 4.69) is 0 Å². The summed E-state index contributed by atoms with van der Waals surface area (Å²) in [5, 5.41) is 1.33. The molecule has 2 amide bonds. The van der Waals surface area contributed by atoms with Crippen LogP contribution in [0.15, 0.2) is 36.4 Å². The van der Waals surface area contributed by atoms with Crippen molar-refractivity contribution in [2.75, 3.05) is 6.54 Å². The van der Waals surface area contributed by atoms with Crippen molar-refractivity contribution in [1.29, 1.82) is 0 Å². The molecule has 2 atom stereocenters. The Bertz CT molecular complexity index is 1170. The molecule has 0 bridgehead atoms. The number of nitrogens with one attached hydrogen (secondary N) is 1. The third-order valence-corrected chi connectivity index (χ3v) is 6.34. The minimum Gasteiger partial charge on any atom is -0.366 e. The summed E-state index contributed by atoms with van der Waals surface area (Å²) in [5.74, 6) is -10.0. The molecule has 13 heteroatoms. The summed E-state index contributed by atoms with van der Waals surface area (Å²) in [6.07, 6.45) is -4.10. The predicted molar refractivity (Wildman–Crippen MR) is 126 cm³/mol. The average Bonchev–Trinajstić information content (AvgIpc) is 2.76. The Morgan fingerprint density at radius 3 is 2.08 bits per heavy atom. The molecule has 0 heterocycles. The maximum atomic E-state index is 15.2. The van der Waals surface area contributed by atoms with Gasteiger partial charge in [-0.3, -0.25) is 9.59 Å². The van der Waals surface area contributed by atoms with Crippen LogP contribution < -0.4 is 11.1 Å². The largest absolute Gasteiger partial charge is 0.405 e. The monoisotopic (exact) mass is 574 g/mol. The molecule has 2 rings (SSSR count). The molecule has 36 heavy (non-hydrogen) atoms. The van der Waals surface area contributed by atoms with Crippen molar-refractivity contribution in [2.45, 2.75) is 37.8 Å². The van der Waals surface area contributed by atoms with E-state index in [1.54, 1.807) is 5.32 Å². The second kappa shape index (κ2) is 11.3. The van der Waals surface area contributed by atoms with Crippen molar-refractivity contribution in [3.8, 4) is 0 Å². The summed E-state index contributed by atoms with van der Waals surface area (Å²) >= 11 is 17.7. The van der Waals surface area contributed by atoms with Crippen molar-refractivity contribution in [3.05, 3.63) is 73.7 Å². The van der Waals surface area contributed by atoms with E-state index in [0.29, 0.717) is 13.0 Å². The van der Waals surface area contributed by atoms with Gasteiger partial charge in [-0.15, -0.1) is 0 Å². The van der Waals surface area contributed by atoms with E-state index in [9.17, 15) is 31.5 Å². The van der Waals surface area contributed by atoms with E-state index in [4.69, 9.17) is 40.5 Å². The van der Waals surface area contributed by atoms with Gasteiger partial charge in [0.1, 0.15) is 12.4 Å². The lowest BCUT2D eigenvalue weighted by Gasteiger charge is -2.22. The fraction of sp³-hybridized carbons (Fsp3) is 0.304. The molecule has 2 aromatic carbocycles. The number of halogens is 9. The molecular formula is C23H19Cl3F6N2O2. The number of amides is 2. The summed E-state index contributed by atoms with van der Waals surface area (Å²) in [4.78, 5) is 24.0. The van der Waals surface area contributed by atoms with Gasteiger partial charge in [0.2, 0.25) is 11.8 Å². The Morgan fingerprint density at radius 1 is 1.06 bits per heavy atom. The smallest absolute Gasteiger partial charge is 0.366 e. The summed E-state index contributed by atoms with van der Waals surface area (Å²) in [6.45, 7) is 0.0988. The van der Waals surface area contributed by atoms with Gasteiger partial charge in [0.25, 0.3) is 5.92 Å². The molecule has 0 radical (unpaired) electrons. The highest BCUT2D eigenvalue weighted by atomic mass is 35.5. The van der Waals surface area contributed by atoms with E-state index in [1.165, 1.54) is 6.92 Å². The number of rotatable bonds is 8. The van der Waals surface area contributed by atoms with Crippen molar-refractivity contribution in [1.82, 2.24) is 5.32 Å². The van der Waals surface area contributed by atoms with Crippen LogP contribution in [-0.2, 0) is 4.79 Å². The summed E-state index contributed by atoms with van der Waals surface area (Å²) in [5.41, 5.74) is 4.36. The molecular weight excluding hydrogens is 557 g/mol. The van der Waals surface area contributed by atoms with Gasteiger partial charge in [0, 0.05) is 18.1 Å². The van der Waals surface area contributed by atoms with Crippen molar-refractivity contribution in [2.24, 2.45) is 5.73 Å². The normalized spacial score (nSPS) is 14.4. The standard InChI is InChI=1S/C23H19Cl3F6N2O2/c1-10(21(36)34-9-23(30,31)32)14-5-11(3-4-13(14)20(33)35)18(27)8-15(22(2,28)29)12-6-16(24)19(26)17(25)7-12/h3-8,10,15H,9H2,1-2H3,(H2,33,35)(H,34,36)/b18-8-/t10-,15?/m1/s1. The second-order valence-electron chi connectivity index (χ2n) is 7.97. The lowest BCUT2D eigenvalue weighted by molar-refractivity contribution is -0.139.